The molecule has 0 amide bonds. The molecule has 0 aromatic heterocycles. The van der Waals surface area contributed by atoms with E-state index in [1.165, 1.54) is 22.1 Å². The van der Waals surface area contributed by atoms with Crippen molar-refractivity contribution < 1.29 is 0 Å². The molecule has 1 unspecified atom stereocenters. The average Bonchev–Trinajstić information content (AvgIpc) is 2.47. The highest BCUT2D eigenvalue weighted by atomic mass is 79.9. The number of anilines is 1. The molecule has 1 aromatic rings. The number of nitrogens with one attached hydrogen (secondary N) is 1. The Morgan fingerprint density at radius 3 is 2.71 bits per heavy atom. The van der Waals surface area contributed by atoms with Crippen molar-refractivity contribution in [2.75, 3.05) is 37.6 Å². The van der Waals surface area contributed by atoms with E-state index < -0.39 is 0 Å². The van der Waals surface area contributed by atoms with Gasteiger partial charge in [0, 0.05) is 36.7 Å². The van der Waals surface area contributed by atoms with Crippen LogP contribution in [0.25, 0.3) is 0 Å². The first-order chi connectivity index (χ1) is 10.2. The van der Waals surface area contributed by atoms with Gasteiger partial charge in [-0.2, -0.15) is 0 Å². The molecule has 118 valence electrons. The van der Waals surface area contributed by atoms with Gasteiger partial charge in [-0.05, 0) is 60.1 Å². The maximum atomic E-state index is 3.76. The van der Waals surface area contributed by atoms with Crippen LogP contribution in [0.3, 0.4) is 0 Å². The second-order valence-corrected chi connectivity index (χ2v) is 6.74. The molecule has 1 saturated heterocycles. The SMILES string of the molecule is CCCNCc1ccc(N2CCN(CC)C(C)C2)c(Br)c1. The van der Waals surface area contributed by atoms with E-state index in [-0.39, 0.29) is 0 Å². The molecule has 1 heterocycles. The Hall–Kier alpha value is -0.580. The summed E-state index contributed by atoms with van der Waals surface area (Å²) in [6.07, 6.45) is 1.18. The van der Waals surface area contributed by atoms with E-state index in [4.69, 9.17) is 0 Å². The van der Waals surface area contributed by atoms with Gasteiger partial charge in [-0.15, -0.1) is 0 Å². The van der Waals surface area contributed by atoms with Crippen LogP contribution in [0.2, 0.25) is 0 Å². The molecule has 0 radical (unpaired) electrons. The van der Waals surface area contributed by atoms with Crippen LogP contribution >= 0.6 is 15.9 Å². The van der Waals surface area contributed by atoms with Crippen LogP contribution in [-0.4, -0.2) is 43.7 Å². The normalized spacial score (nSPS) is 20.0. The van der Waals surface area contributed by atoms with Crippen LogP contribution in [0.4, 0.5) is 5.69 Å². The predicted octanol–water partition coefficient (Wildman–Crippen LogP) is 3.48. The number of hydrogen-bond acceptors (Lipinski definition) is 3. The highest BCUT2D eigenvalue weighted by Crippen LogP contribution is 2.29. The Morgan fingerprint density at radius 2 is 2.10 bits per heavy atom. The van der Waals surface area contributed by atoms with Gasteiger partial charge < -0.3 is 10.2 Å². The monoisotopic (exact) mass is 353 g/mol. The average molecular weight is 354 g/mol. The molecule has 1 N–H and O–H groups in total. The van der Waals surface area contributed by atoms with Gasteiger partial charge in [0.15, 0.2) is 0 Å². The maximum Gasteiger partial charge on any atom is 0.0511 e. The first-order valence-electron chi connectivity index (χ1n) is 8.13. The summed E-state index contributed by atoms with van der Waals surface area (Å²) < 4.78 is 1.22. The number of hydrogen-bond donors (Lipinski definition) is 1. The summed E-state index contributed by atoms with van der Waals surface area (Å²) in [5.41, 5.74) is 2.68. The molecule has 1 aromatic carbocycles. The van der Waals surface area contributed by atoms with Crippen LogP contribution in [0, 0.1) is 0 Å². The molecule has 0 aliphatic carbocycles. The van der Waals surface area contributed by atoms with Crippen molar-refractivity contribution >= 4 is 21.6 Å². The van der Waals surface area contributed by atoms with Gasteiger partial charge in [0.25, 0.3) is 0 Å². The van der Waals surface area contributed by atoms with E-state index in [0.29, 0.717) is 6.04 Å². The minimum absolute atomic E-state index is 0.626. The topological polar surface area (TPSA) is 18.5 Å². The van der Waals surface area contributed by atoms with Crippen molar-refractivity contribution in [2.24, 2.45) is 0 Å². The molecule has 4 heteroatoms. The van der Waals surface area contributed by atoms with Crippen molar-refractivity contribution in [1.82, 2.24) is 10.2 Å². The number of rotatable bonds is 6. The van der Waals surface area contributed by atoms with Gasteiger partial charge in [0.05, 0.1) is 5.69 Å². The Balaban J connectivity index is 2.00. The molecular weight excluding hydrogens is 326 g/mol. The van der Waals surface area contributed by atoms with Gasteiger partial charge in [0.2, 0.25) is 0 Å². The molecule has 2 rings (SSSR count). The zero-order valence-corrected chi connectivity index (χ0v) is 15.1. The minimum atomic E-state index is 0.626. The molecule has 0 spiro atoms. The first kappa shape index (κ1) is 16.8. The highest BCUT2D eigenvalue weighted by molar-refractivity contribution is 9.10. The van der Waals surface area contributed by atoms with Crippen molar-refractivity contribution in [3.8, 4) is 0 Å². The van der Waals surface area contributed by atoms with Crippen LogP contribution in [0.1, 0.15) is 32.8 Å². The highest BCUT2D eigenvalue weighted by Gasteiger charge is 2.23. The molecule has 1 atom stereocenters. The second kappa shape index (κ2) is 8.16. The Kier molecular flexibility index (Phi) is 6.52. The summed E-state index contributed by atoms with van der Waals surface area (Å²) >= 11 is 3.76. The standard InChI is InChI=1S/C17H28BrN3/c1-4-8-19-12-15-6-7-17(16(18)11-15)21-10-9-20(5-2)14(3)13-21/h6-7,11,14,19H,4-5,8-10,12-13H2,1-3H3. The number of benzene rings is 1. The summed E-state index contributed by atoms with van der Waals surface area (Å²) in [7, 11) is 0. The van der Waals surface area contributed by atoms with Crippen LogP contribution < -0.4 is 10.2 Å². The third-order valence-corrected chi connectivity index (χ3v) is 4.92. The summed E-state index contributed by atoms with van der Waals surface area (Å²) in [4.78, 5) is 5.05. The Labute approximate surface area is 137 Å². The van der Waals surface area contributed by atoms with Crippen LogP contribution in [0.15, 0.2) is 22.7 Å². The lowest BCUT2D eigenvalue weighted by Gasteiger charge is -2.40. The van der Waals surface area contributed by atoms with E-state index in [0.717, 1.165) is 39.3 Å². The molecule has 21 heavy (non-hydrogen) atoms. The first-order valence-corrected chi connectivity index (χ1v) is 8.93. The van der Waals surface area contributed by atoms with E-state index in [1.807, 2.05) is 0 Å². The van der Waals surface area contributed by atoms with Crippen molar-refractivity contribution in [2.45, 2.75) is 39.8 Å². The van der Waals surface area contributed by atoms with Gasteiger partial charge in [-0.25, -0.2) is 0 Å². The minimum Gasteiger partial charge on any atom is -0.368 e. The number of halogens is 1. The third kappa shape index (κ3) is 4.44. The fraction of sp³-hybridized carbons (Fsp3) is 0.647. The third-order valence-electron chi connectivity index (χ3n) is 4.28. The summed E-state index contributed by atoms with van der Waals surface area (Å²) in [6.45, 7) is 13.3. The molecule has 0 bridgehead atoms. The maximum absolute atomic E-state index is 3.76. The van der Waals surface area contributed by atoms with Crippen molar-refractivity contribution in [3.63, 3.8) is 0 Å². The number of nitrogens with zero attached hydrogens (tertiary/aromatic N) is 2. The second-order valence-electron chi connectivity index (χ2n) is 5.89. The largest absolute Gasteiger partial charge is 0.368 e. The van der Waals surface area contributed by atoms with E-state index in [9.17, 15) is 0 Å². The Bertz CT molecular complexity index is 450. The zero-order chi connectivity index (χ0) is 15.2. The van der Waals surface area contributed by atoms with E-state index in [1.54, 1.807) is 0 Å². The van der Waals surface area contributed by atoms with Gasteiger partial charge in [-0.1, -0.05) is 19.9 Å². The van der Waals surface area contributed by atoms with E-state index in [2.05, 4.69) is 70.0 Å². The van der Waals surface area contributed by atoms with Gasteiger partial charge >= 0.3 is 0 Å². The lowest BCUT2D eigenvalue weighted by Crippen LogP contribution is -2.51. The fourth-order valence-electron chi connectivity index (χ4n) is 3.01. The van der Waals surface area contributed by atoms with Crippen molar-refractivity contribution in [1.29, 1.82) is 0 Å². The number of piperazine rings is 1. The molecule has 3 nitrogen and oxygen atoms in total. The quantitative estimate of drug-likeness (QED) is 0.789. The smallest absolute Gasteiger partial charge is 0.0511 e. The van der Waals surface area contributed by atoms with Gasteiger partial charge in [0.1, 0.15) is 0 Å². The lowest BCUT2D eigenvalue weighted by molar-refractivity contribution is 0.199. The molecular formula is C17H28BrN3. The van der Waals surface area contributed by atoms with Crippen LogP contribution in [0.5, 0.6) is 0 Å². The zero-order valence-electron chi connectivity index (χ0n) is 13.5. The summed E-state index contributed by atoms with van der Waals surface area (Å²) in [5.74, 6) is 0. The lowest BCUT2D eigenvalue weighted by atomic mass is 10.1. The summed E-state index contributed by atoms with van der Waals surface area (Å²) in [5, 5.41) is 3.46. The molecule has 1 fully saturated rings. The molecule has 1 aliphatic rings. The fourth-order valence-corrected chi connectivity index (χ4v) is 3.69. The Morgan fingerprint density at radius 1 is 1.29 bits per heavy atom. The van der Waals surface area contributed by atoms with Gasteiger partial charge in [-0.3, -0.25) is 4.90 Å². The number of likely N-dealkylation sites (N-methyl/N-ethyl adjacent to an activating group) is 1. The molecule has 0 saturated carbocycles. The molecule has 1 aliphatic heterocycles. The van der Waals surface area contributed by atoms with E-state index >= 15 is 0 Å². The summed E-state index contributed by atoms with van der Waals surface area (Å²) in [6, 6.07) is 7.40. The van der Waals surface area contributed by atoms with Crippen LogP contribution in [-0.2, 0) is 6.54 Å². The predicted molar refractivity (Wildman–Crippen MR) is 95.1 cm³/mol. The van der Waals surface area contributed by atoms with Crippen molar-refractivity contribution in [3.05, 3.63) is 28.2 Å².